The number of pyridine rings is 1. The first kappa shape index (κ1) is 18.4. The van der Waals surface area contributed by atoms with Crippen LogP contribution < -0.4 is 0 Å². The highest BCUT2D eigenvalue weighted by molar-refractivity contribution is 8.93. The Morgan fingerprint density at radius 2 is 1.59 bits per heavy atom. The fraction of sp³-hybridized carbons (Fsp3) is 0. The van der Waals surface area contributed by atoms with Gasteiger partial charge in [-0.1, -0.05) is 0 Å². The fourth-order valence-corrected chi connectivity index (χ4v) is 2.62. The molecule has 0 radical (unpaired) electrons. The van der Waals surface area contributed by atoms with Crippen molar-refractivity contribution in [3.63, 3.8) is 0 Å². The summed E-state index contributed by atoms with van der Waals surface area (Å²) in [7, 11) is 0. The summed E-state index contributed by atoms with van der Waals surface area (Å²) in [4.78, 5) is 18.7. The lowest BCUT2D eigenvalue weighted by molar-refractivity contribution is -0.384. The Kier molecular flexibility index (Phi) is 6.79. The third-order valence-electron chi connectivity index (χ3n) is 2.81. The lowest BCUT2D eigenvalue weighted by atomic mass is 10.1. The van der Waals surface area contributed by atoms with Gasteiger partial charge in [0.1, 0.15) is 5.01 Å². The van der Waals surface area contributed by atoms with Crippen molar-refractivity contribution in [2.24, 2.45) is 0 Å². The molecule has 3 rings (SSSR count). The van der Waals surface area contributed by atoms with Gasteiger partial charge in [-0.25, -0.2) is 4.98 Å². The quantitative estimate of drug-likeness (QED) is 0.424. The molecule has 0 atom stereocenters. The summed E-state index contributed by atoms with van der Waals surface area (Å²) in [5.74, 6) is 0. The van der Waals surface area contributed by atoms with Crippen molar-refractivity contribution >= 4 is 51.0 Å². The van der Waals surface area contributed by atoms with Gasteiger partial charge in [0, 0.05) is 41.0 Å². The Hall–Kier alpha value is -1.64. The highest BCUT2D eigenvalue weighted by Crippen LogP contribution is 2.29. The molecule has 0 aliphatic rings. The summed E-state index contributed by atoms with van der Waals surface area (Å²) in [6.45, 7) is 0. The molecule has 0 saturated carbocycles. The van der Waals surface area contributed by atoms with Crippen molar-refractivity contribution in [3.05, 3.63) is 64.3 Å². The highest BCUT2D eigenvalue weighted by atomic mass is 79.9. The van der Waals surface area contributed by atoms with E-state index in [0.29, 0.717) is 0 Å². The molecule has 2 heterocycles. The van der Waals surface area contributed by atoms with Gasteiger partial charge in [0.2, 0.25) is 0 Å². The van der Waals surface area contributed by atoms with Crippen molar-refractivity contribution in [2.45, 2.75) is 0 Å². The van der Waals surface area contributed by atoms with Gasteiger partial charge in [-0.3, -0.25) is 15.1 Å². The molecular formula is C14H11Br2N3O2S. The van der Waals surface area contributed by atoms with E-state index in [1.165, 1.54) is 23.5 Å². The fourth-order valence-electron chi connectivity index (χ4n) is 1.79. The molecule has 0 bridgehead atoms. The highest BCUT2D eigenvalue weighted by Gasteiger charge is 2.09. The molecule has 22 heavy (non-hydrogen) atoms. The Morgan fingerprint density at radius 3 is 2.18 bits per heavy atom. The van der Waals surface area contributed by atoms with E-state index < -0.39 is 4.92 Å². The number of aromatic nitrogens is 2. The zero-order valence-corrected chi connectivity index (χ0v) is 15.3. The smallest absolute Gasteiger partial charge is 0.265 e. The molecule has 0 saturated heterocycles. The average molecular weight is 445 g/mol. The molecule has 114 valence electrons. The number of nitrogens with zero attached hydrogens (tertiary/aromatic N) is 3. The molecule has 3 aromatic rings. The van der Waals surface area contributed by atoms with Crippen LogP contribution in [0.25, 0.3) is 21.8 Å². The van der Waals surface area contributed by atoms with E-state index in [9.17, 15) is 10.1 Å². The van der Waals surface area contributed by atoms with Gasteiger partial charge >= 0.3 is 0 Å². The second kappa shape index (κ2) is 8.11. The van der Waals surface area contributed by atoms with E-state index >= 15 is 0 Å². The molecule has 1 aromatic carbocycles. The first-order chi connectivity index (χ1) is 9.74. The minimum Gasteiger partial charge on any atom is -0.265 e. The number of nitro groups is 1. The van der Waals surface area contributed by atoms with E-state index in [-0.39, 0.29) is 39.7 Å². The molecule has 0 N–H and O–H groups in total. The molecule has 0 aliphatic heterocycles. The van der Waals surface area contributed by atoms with Crippen LogP contribution in [0.15, 0.2) is 54.2 Å². The number of nitro benzene ring substituents is 1. The van der Waals surface area contributed by atoms with E-state index in [2.05, 4.69) is 9.97 Å². The Labute approximate surface area is 151 Å². The van der Waals surface area contributed by atoms with Crippen LogP contribution in [-0.4, -0.2) is 14.9 Å². The zero-order valence-electron chi connectivity index (χ0n) is 11.1. The van der Waals surface area contributed by atoms with E-state index in [4.69, 9.17) is 0 Å². The number of rotatable bonds is 3. The Balaban J connectivity index is 0.00000121. The number of hydrogen-bond acceptors (Lipinski definition) is 5. The summed E-state index contributed by atoms with van der Waals surface area (Å²) < 4.78 is 0. The van der Waals surface area contributed by atoms with Crippen LogP contribution in [0.3, 0.4) is 0 Å². The minimum absolute atomic E-state index is 0. The summed E-state index contributed by atoms with van der Waals surface area (Å²) in [5, 5.41) is 13.5. The normalized spacial score (nSPS) is 9.45. The maximum atomic E-state index is 10.6. The molecule has 2 aromatic heterocycles. The Morgan fingerprint density at radius 1 is 0.955 bits per heavy atom. The number of halogens is 2. The first-order valence-corrected chi connectivity index (χ1v) is 6.73. The first-order valence-electron chi connectivity index (χ1n) is 5.85. The van der Waals surface area contributed by atoms with Gasteiger partial charge in [0.15, 0.2) is 0 Å². The summed E-state index contributed by atoms with van der Waals surface area (Å²) >= 11 is 1.54. The standard InChI is InChI=1S/C14H9N3O2S.2BrH/c18-17(19)12-3-1-10(2-4-12)13-9-20-14(16-13)11-5-7-15-8-6-11;;/h1-9H;2*1H. The van der Waals surface area contributed by atoms with Crippen molar-refractivity contribution in [1.82, 2.24) is 9.97 Å². The molecule has 0 fully saturated rings. The molecule has 0 aliphatic carbocycles. The number of non-ortho nitro benzene ring substituents is 1. The maximum absolute atomic E-state index is 10.6. The van der Waals surface area contributed by atoms with Crippen LogP contribution in [0, 0.1) is 10.1 Å². The summed E-state index contributed by atoms with van der Waals surface area (Å²) in [6.07, 6.45) is 3.45. The number of hydrogen-bond donors (Lipinski definition) is 0. The monoisotopic (exact) mass is 443 g/mol. The maximum Gasteiger partial charge on any atom is 0.269 e. The molecule has 0 unspecified atom stereocenters. The van der Waals surface area contributed by atoms with E-state index in [1.807, 2.05) is 17.5 Å². The number of benzene rings is 1. The third-order valence-corrected chi connectivity index (χ3v) is 3.70. The zero-order chi connectivity index (χ0) is 13.9. The average Bonchev–Trinajstić information content (AvgIpc) is 2.98. The molecule has 5 nitrogen and oxygen atoms in total. The lowest BCUT2D eigenvalue weighted by Crippen LogP contribution is -1.87. The second-order valence-electron chi connectivity index (χ2n) is 4.08. The van der Waals surface area contributed by atoms with Crippen molar-refractivity contribution < 1.29 is 4.92 Å². The van der Waals surface area contributed by atoms with E-state index in [0.717, 1.165) is 21.8 Å². The van der Waals surface area contributed by atoms with Crippen LogP contribution in [0.2, 0.25) is 0 Å². The van der Waals surface area contributed by atoms with Crippen molar-refractivity contribution in [2.75, 3.05) is 0 Å². The number of thiazole rings is 1. The van der Waals surface area contributed by atoms with Crippen molar-refractivity contribution in [1.29, 1.82) is 0 Å². The van der Waals surface area contributed by atoms with Gasteiger partial charge in [0.05, 0.1) is 10.6 Å². The SMILES string of the molecule is Br.Br.O=[N+]([O-])c1ccc(-c2csc(-c3ccncc3)n2)cc1. The van der Waals surface area contributed by atoms with Crippen LogP contribution in [0.1, 0.15) is 0 Å². The topological polar surface area (TPSA) is 68.9 Å². The molecule has 0 amide bonds. The van der Waals surface area contributed by atoms with Gasteiger partial charge in [-0.15, -0.1) is 45.3 Å². The van der Waals surface area contributed by atoms with Gasteiger partial charge in [-0.2, -0.15) is 0 Å². The lowest BCUT2D eigenvalue weighted by Gasteiger charge is -1.96. The summed E-state index contributed by atoms with van der Waals surface area (Å²) in [6, 6.07) is 10.2. The molecule has 8 heteroatoms. The predicted octanol–water partition coefficient (Wildman–Crippen LogP) is 4.94. The molecule has 0 spiro atoms. The largest absolute Gasteiger partial charge is 0.269 e. The van der Waals surface area contributed by atoms with Crippen LogP contribution in [-0.2, 0) is 0 Å². The van der Waals surface area contributed by atoms with Gasteiger partial charge < -0.3 is 0 Å². The van der Waals surface area contributed by atoms with Crippen LogP contribution in [0.4, 0.5) is 5.69 Å². The van der Waals surface area contributed by atoms with E-state index in [1.54, 1.807) is 24.5 Å². The third kappa shape index (κ3) is 3.96. The predicted molar refractivity (Wildman–Crippen MR) is 98.1 cm³/mol. The molecular weight excluding hydrogens is 434 g/mol. The van der Waals surface area contributed by atoms with Gasteiger partial charge in [-0.05, 0) is 24.3 Å². The van der Waals surface area contributed by atoms with Crippen LogP contribution in [0.5, 0.6) is 0 Å². The minimum atomic E-state index is -0.409. The van der Waals surface area contributed by atoms with Crippen molar-refractivity contribution in [3.8, 4) is 21.8 Å². The second-order valence-corrected chi connectivity index (χ2v) is 4.94. The summed E-state index contributed by atoms with van der Waals surface area (Å²) in [5.41, 5.74) is 2.78. The van der Waals surface area contributed by atoms with Gasteiger partial charge in [0.25, 0.3) is 5.69 Å². The Bertz CT molecular complexity index is 748. The van der Waals surface area contributed by atoms with Crippen LogP contribution >= 0.6 is 45.3 Å².